The summed E-state index contributed by atoms with van der Waals surface area (Å²) in [7, 11) is 0. The maximum absolute atomic E-state index is 9.86. The summed E-state index contributed by atoms with van der Waals surface area (Å²) in [5.74, 6) is 0.810. The van der Waals surface area contributed by atoms with Crippen molar-refractivity contribution < 1.29 is 9.84 Å². The molecule has 0 saturated carbocycles. The Balaban J connectivity index is 2.35. The van der Waals surface area contributed by atoms with Crippen molar-refractivity contribution in [3.8, 4) is 5.75 Å². The fraction of sp³-hybridized carbons (Fsp3) is 0.455. The molecule has 2 rings (SSSR count). The molecule has 0 spiro atoms. The minimum absolute atomic E-state index is 0.145. The number of halogens is 1. The van der Waals surface area contributed by atoms with Crippen molar-refractivity contribution in [2.24, 2.45) is 0 Å². The smallest absolute Gasteiger partial charge is 0.126 e. The van der Waals surface area contributed by atoms with E-state index in [0.29, 0.717) is 6.42 Å². The zero-order valence-corrected chi connectivity index (χ0v) is 9.62. The number of hydrogen-bond donors (Lipinski definition) is 1. The summed E-state index contributed by atoms with van der Waals surface area (Å²) < 4.78 is 6.73. The minimum atomic E-state index is -0.378. The van der Waals surface area contributed by atoms with E-state index in [1.165, 1.54) is 0 Å². The molecule has 76 valence electrons. The summed E-state index contributed by atoms with van der Waals surface area (Å²) in [6.07, 6.45) is 1.40. The van der Waals surface area contributed by atoms with Crippen LogP contribution in [0.2, 0.25) is 0 Å². The molecule has 3 heteroatoms. The maximum Gasteiger partial charge on any atom is 0.126 e. The first-order valence-corrected chi connectivity index (χ1v) is 5.64. The summed E-state index contributed by atoms with van der Waals surface area (Å²) in [6, 6.07) is 5.76. The zero-order chi connectivity index (χ0) is 10.1. The van der Waals surface area contributed by atoms with Gasteiger partial charge in [0.15, 0.2) is 0 Å². The van der Waals surface area contributed by atoms with Gasteiger partial charge in [-0.05, 0) is 18.6 Å². The van der Waals surface area contributed by atoms with E-state index in [2.05, 4.69) is 22.9 Å². The lowest BCUT2D eigenvalue weighted by Crippen LogP contribution is -2.24. The first-order chi connectivity index (χ1) is 6.70. The van der Waals surface area contributed by atoms with Crippen LogP contribution in [0.25, 0.3) is 0 Å². The summed E-state index contributed by atoms with van der Waals surface area (Å²) >= 11 is 3.39. The van der Waals surface area contributed by atoms with Crippen molar-refractivity contribution in [1.29, 1.82) is 0 Å². The average molecular weight is 257 g/mol. The van der Waals surface area contributed by atoms with E-state index in [1.54, 1.807) is 0 Å². The van der Waals surface area contributed by atoms with Crippen LogP contribution in [0.1, 0.15) is 31.4 Å². The molecule has 2 nitrogen and oxygen atoms in total. The number of aliphatic hydroxyl groups excluding tert-OH is 1. The molecule has 0 radical (unpaired) electrons. The molecule has 0 aromatic heterocycles. The largest absolute Gasteiger partial charge is 0.490 e. The normalized spacial score (nSPS) is 25.4. The Morgan fingerprint density at radius 2 is 2.36 bits per heavy atom. The van der Waals surface area contributed by atoms with E-state index >= 15 is 0 Å². The van der Waals surface area contributed by atoms with E-state index in [-0.39, 0.29) is 12.2 Å². The summed E-state index contributed by atoms with van der Waals surface area (Å²) in [5, 5.41) is 9.86. The average Bonchev–Trinajstić information content (AvgIpc) is 2.16. The van der Waals surface area contributed by atoms with Gasteiger partial charge in [0.2, 0.25) is 0 Å². The maximum atomic E-state index is 9.86. The molecule has 0 amide bonds. The number of aliphatic hydroxyl groups is 1. The van der Waals surface area contributed by atoms with Crippen LogP contribution in [-0.4, -0.2) is 11.2 Å². The molecular weight excluding hydrogens is 244 g/mol. The third-order valence-electron chi connectivity index (χ3n) is 2.57. The quantitative estimate of drug-likeness (QED) is 0.837. The van der Waals surface area contributed by atoms with Crippen LogP contribution in [0.15, 0.2) is 22.7 Å². The standard InChI is InChI=1S/C11H13BrO2/c1-2-8-6-10(13)9-4-3-7(12)5-11(9)14-8/h3-5,8,10,13H,2,6H2,1H3. The summed E-state index contributed by atoms with van der Waals surface area (Å²) in [4.78, 5) is 0. The molecule has 0 aliphatic carbocycles. The number of fused-ring (bicyclic) bond motifs is 1. The molecule has 0 saturated heterocycles. The molecule has 0 fully saturated rings. The van der Waals surface area contributed by atoms with Crippen molar-refractivity contribution >= 4 is 15.9 Å². The highest BCUT2D eigenvalue weighted by Gasteiger charge is 2.25. The van der Waals surface area contributed by atoms with E-state index in [0.717, 1.165) is 22.2 Å². The Bertz CT molecular complexity index is 338. The van der Waals surface area contributed by atoms with Crippen molar-refractivity contribution in [3.63, 3.8) is 0 Å². The van der Waals surface area contributed by atoms with Gasteiger partial charge < -0.3 is 9.84 Å². The van der Waals surface area contributed by atoms with Gasteiger partial charge in [0.25, 0.3) is 0 Å². The highest BCUT2D eigenvalue weighted by atomic mass is 79.9. The highest BCUT2D eigenvalue weighted by molar-refractivity contribution is 9.10. The lowest BCUT2D eigenvalue weighted by molar-refractivity contribution is 0.0642. The molecule has 1 N–H and O–H groups in total. The number of benzene rings is 1. The Kier molecular flexibility index (Phi) is 2.79. The number of ether oxygens (including phenoxy) is 1. The predicted molar refractivity (Wildman–Crippen MR) is 58.4 cm³/mol. The second-order valence-corrected chi connectivity index (χ2v) is 4.50. The Morgan fingerprint density at radius 1 is 1.57 bits per heavy atom. The van der Waals surface area contributed by atoms with Crippen molar-refractivity contribution in [2.75, 3.05) is 0 Å². The lowest BCUT2D eigenvalue weighted by atomic mass is 9.98. The SMILES string of the molecule is CCC1CC(O)c2ccc(Br)cc2O1. The van der Waals surface area contributed by atoms with Crippen LogP contribution >= 0.6 is 15.9 Å². The van der Waals surface area contributed by atoms with Crippen LogP contribution in [0.5, 0.6) is 5.75 Å². The van der Waals surface area contributed by atoms with Crippen molar-refractivity contribution in [3.05, 3.63) is 28.2 Å². The Hall–Kier alpha value is -0.540. The molecule has 2 atom stereocenters. The molecule has 0 bridgehead atoms. The van der Waals surface area contributed by atoms with Gasteiger partial charge in [-0.25, -0.2) is 0 Å². The van der Waals surface area contributed by atoms with Crippen molar-refractivity contribution in [2.45, 2.75) is 32.0 Å². The van der Waals surface area contributed by atoms with Crippen LogP contribution in [-0.2, 0) is 0 Å². The number of hydrogen-bond acceptors (Lipinski definition) is 2. The van der Waals surface area contributed by atoms with Crippen LogP contribution in [0.4, 0.5) is 0 Å². The van der Waals surface area contributed by atoms with Gasteiger partial charge in [0.05, 0.1) is 6.10 Å². The second kappa shape index (κ2) is 3.91. The van der Waals surface area contributed by atoms with E-state index in [1.807, 2.05) is 18.2 Å². The molecule has 1 aliphatic rings. The van der Waals surface area contributed by atoms with Crippen LogP contribution in [0.3, 0.4) is 0 Å². The molecule has 1 aromatic rings. The van der Waals surface area contributed by atoms with Gasteiger partial charge in [0.1, 0.15) is 11.9 Å². The van der Waals surface area contributed by atoms with Gasteiger partial charge in [-0.15, -0.1) is 0 Å². The molecule has 1 aromatic carbocycles. The Morgan fingerprint density at radius 3 is 3.07 bits per heavy atom. The molecular formula is C11H13BrO2. The lowest BCUT2D eigenvalue weighted by Gasteiger charge is -2.29. The molecule has 2 unspecified atom stereocenters. The predicted octanol–water partition coefficient (Wildman–Crippen LogP) is 3.04. The molecule has 1 heterocycles. The van der Waals surface area contributed by atoms with Gasteiger partial charge in [-0.2, -0.15) is 0 Å². The van der Waals surface area contributed by atoms with Gasteiger partial charge in [-0.1, -0.05) is 28.9 Å². The first-order valence-electron chi connectivity index (χ1n) is 4.85. The topological polar surface area (TPSA) is 29.5 Å². The summed E-state index contributed by atoms with van der Waals surface area (Å²) in [5.41, 5.74) is 0.901. The second-order valence-electron chi connectivity index (χ2n) is 3.58. The fourth-order valence-corrected chi connectivity index (χ4v) is 2.08. The summed E-state index contributed by atoms with van der Waals surface area (Å²) in [6.45, 7) is 2.07. The van der Waals surface area contributed by atoms with Gasteiger partial charge >= 0.3 is 0 Å². The fourth-order valence-electron chi connectivity index (χ4n) is 1.74. The minimum Gasteiger partial charge on any atom is -0.490 e. The van der Waals surface area contributed by atoms with Crippen LogP contribution in [0, 0.1) is 0 Å². The number of rotatable bonds is 1. The van der Waals surface area contributed by atoms with E-state index in [9.17, 15) is 5.11 Å². The van der Waals surface area contributed by atoms with Crippen LogP contribution < -0.4 is 4.74 Å². The van der Waals surface area contributed by atoms with Crippen molar-refractivity contribution in [1.82, 2.24) is 0 Å². The van der Waals surface area contributed by atoms with Gasteiger partial charge in [-0.3, -0.25) is 0 Å². The van der Waals surface area contributed by atoms with Gasteiger partial charge in [0, 0.05) is 16.5 Å². The zero-order valence-electron chi connectivity index (χ0n) is 8.03. The Labute approximate surface area is 92.0 Å². The van der Waals surface area contributed by atoms with E-state index in [4.69, 9.17) is 4.74 Å². The highest BCUT2D eigenvalue weighted by Crippen LogP contribution is 2.37. The third-order valence-corrected chi connectivity index (χ3v) is 3.06. The first kappa shape index (κ1) is 9.99. The third kappa shape index (κ3) is 1.79. The van der Waals surface area contributed by atoms with E-state index < -0.39 is 0 Å². The monoisotopic (exact) mass is 256 g/mol. The molecule has 14 heavy (non-hydrogen) atoms. The molecule has 1 aliphatic heterocycles.